The van der Waals surface area contributed by atoms with Gasteiger partial charge in [0.05, 0.1) is 4.90 Å². The minimum atomic E-state index is -3.82. The van der Waals surface area contributed by atoms with E-state index in [2.05, 4.69) is 4.72 Å². The minimum absolute atomic E-state index is 0.0872. The SMILES string of the molecule is Cc1cc(C)cc(CC(NS(=O)(=O)c2ccsc2)C(=O)O)c1. The molecule has 0 amide bonds. The van der Waals surface area contributed by atoms with Crippen LogP contribution >= 0.6 is 11.3 Å². The highest BCUT2D eigenvalue weighted by Crippen LogP contribution is 2.15. The number of carboxylic acids is 1. The Bertz CT molecular complexity index is 747. The Morgan fingerprint density at radius 3 is 2.41 bits per heavy atom. The van der Waals surface area contributed by atoms with Crippen molar-refractivity contribution >= 4 is 27.3 Å². The van der Waals surface area contributed by atoms with E-state index in [1.165, 1.54) is 22.8 Å². The molecule has 1 aromatic heterocycles. The lowest BCUT2D eigenvalue weighted by atomic mass is 10.0. The summed E-state index contributed by atoms with van der Waals surface area (Å²) in [6.45, 7) is 3.84. The summed E-state index contributed by atoms with van der Waals surface area (Å²) in [7, 11) is -3.82. The van der Waals surface area contributed by atoms with Gasteiger partial charge in [-0.1, -0.05) is 29.3 Å². The molecule has 0 saturated heterocycles. The lowest BCUT2D eigenvalue weighted by molar-refractivity contribution is -0.138. The summed E-state index contributed by atoms with van der Waals surface area (Å²) in [6.07, 6.45) is 0.0984. The molecule has 0 fully saturated rings. The first-order valence-electron chi connectivity index (χ1n) is 6.62. The van der Waals surface area contributed by atoms with Crippen molar-refractivity contribution in [2.45, 2.75) is 31.2 Å². The van der Waals surface area contributed by atoms with Gasteiger partial charge in [-0.15, -0.1) is 0 Å². The van der Waals surface area contributed by atoms with Crippen LogP contribution in [0.1, 0.15) is 16.7 Å². The Kier molecular flexibility index (Phi) is 5.00. The highest BCUT2D eigenvalue weighted by Gasteiger charge is 2.26. The van der Waals surface area contributed by atoms with Crippen LogP contribution in [0.2, 0.25) is 0 Å². The third kappa shape index (κ3) is 4.16. The number of nitrogens with one attached hydrogen (secondary N) is 1. The van der Waals surface area contributed by atoms with E-state index in [1.807, 2.05) is 32.0 Å². The lowest BCUT2D eigenvalue weighted by Gasteiger charge is -2.15. The van der Waals surface area contributed by atoms with E-state index in [1.54, 1.807) is 5.38 Å². The molecule has 0 spiro atoms. The average Bonchev–Trinajstić information content (AvgIpc) is 2.90. The van der Waals surface area contributed by atoms with E-state index < -0.39 is 22.0 Å². The second-order valence-corrected chi connectivity index (χ2v) is 7.67. The van der Waals surface area contributed by atoms with Gasteiger partial charge in [0.1, 0.15) is 6.04 Å². The molecule has 0 saturated carbocycles. The van der Waals surface area contributed by atoms with Crippen LogP contribution in [0.15, 0.2) is 39.9 Å². The number of carbonyl (C=O) groups is 1. The van der Waals surface area contributed by atoms with E-state index in [-0.39, 0.29) is 11.3 Å². The number of hydrogen-bond donors (Lipinski definition) is 2. The van der Waals surface area contributed by atoms with Crippen molar-refractivity contribution < 1.29 is 18.3 Å². The molecular formula is C15H17NO4S2. The van der Waals surface area contributed by atoms with E-state index in [9.17, 15) is 18.3 Å². The molecule has 1 heterocycles. The van der Waals surface area contributed by atoms with Gasteiger partial charge in [0.2, 0.25) is 10.0 Å². The Hall–Kier alpha value is -1.70. The van der Waals surface area contributed by atoms with Gasteiger partial charge in [0, 0.05) is 5.38 Å². The van der Waals surface area contributed by atoms with Crippen molar-refractivity contribution in [1.82, 2.24) is 4.72 Å². The molecule has 1 unspecified atom stereocenters. The van der Waals surface area contributed by atoms with E-state index in [4.69, 9.17) is 0 Å². The first kappa shape index (κ1) is 16.7. The van der Waals surface area contributed by atoms with Crippen LogP contribution in [-0.2, 0) is 21.2 Å². The van der Waals surface area contributed by atoms with Crippen molar-refractivity contribution in [3.05, 3.63) is 51.7 Å². The van der Waals surface area contributed by atoms with Gasteiger partial charge < -0.3 is 5.11 Å². The van der Waals surface area contributed by atoms with Crippen molar-refractivity contribution in [3.63, 3.8) is 0 Å². The Balaban J connectivity index is 2.22. The number of rotatable bonds is 6. The van der Waals surface area contributed by atoms with Crippen LogP contribution in [0, 0.1) is 13.8 Å². The number of aliphatic carboxylic acids is 1. The molecule has 0 radical (unpaired) electrons. The molecule has 0 aliphatic rings. The van der Waals surface area contributed by atoms with Gasteiger partial charge in [0.25, 0.3) is 0 Å². The van der Waals surface area contributed by atoms with Gasteiger partial charge in [-0.05, 0) is 37.3 Å². The number of sulfonamides is 1. The molecule has 0 bridgehead atoms. The zero-order valence-corrected chi connectivity index (χ0v) is 13.9. The molecule has 118 valence electrons. The Morgan fingerprint density at radius 1 is 1.27 bits per heavy atom. The largest absolute Gasteiger partial charge is 0.480 e. The molecular weight excluding hydrogens is 322 g/mol. The van der Waals surface area contributed by atoms with E-state index in [0.717, 1.165) is 16.7 Å². The number of carboxylic acid groups (broad SMARTS) is 1. The highest BCUT2D eigenvalue weighted by molar-refractivity contribution is 7.89. The maximum absolute atomic E-state index is 12.2. The van der Waals surface area contributed by atoms with Crippen molar-refractivity contribution in [1.29, 1.82) is 0 Å². The fraction of sp³-hybridized carbons (Fsp3) is 0.267. The van der Waals surface area contributed by atoms with Gasteiger partial charge in [-0.2, -0.15) is 16.1 Å². The fourth-order valence-electron chi connectivity index (χ4n) is 2.26. The van der Waals surface area contributed by atoms with Crippen LogP contribution in [0.25, 0.3) is 0 Å². The zero-order chi connectivity index (χ0) is 16.3. The third-order valence-electron chi connectivity index (χ3n) is 3.12. The standard InChI is InChI=1S/C15H17NO4S2/c1-10-5-11(2)7-12(6-10)8-14(15(17)18)16-22(19,20)13-3-4-21-9-13/h3-7,9,14,16H,8H2,1-2H3,(H,17,18). The molecule has 2 N–H and O–H groups in total. The van der Waals surface area contributed by atoms with Crippen LogP contribution in [0.3, 0.4) is 0 Å². The maximum atomic E-state index is 12.2. The number of aryl methyl sites for hydroxylation is 2. The first-order valence-corrected chi connectivity index (χ1v) is 9.05. The molecule has 5 nitrogen and oxygen atoms in total. The van der Waals surface area contributed by atoms with Gasteiger partial charge in [0.15, 0.2) is 0 Å². The smallest absolute Gasteiger partial charge is 0.322 e. The summed E-state index contributed by atoms with van der Waals surface area (Å²) in [5.74, 6) is -1.20. The summed E-state index contributed by atoms with van der Waals surface area (Å²) in [6, 6.07) is 5.95. The molecule has 1 aromatic carbocycles. The van der Waals surface area contributed by atoms with Crippen LogP contribution in [0.5, 0.6) is 0 Å². The predicted octanol–water partition coefficient (Wildman–Crippen LogP) is 2.34. The molecule has 1 atom stereocenters. The summed E-state index contributed by atoms with van der Waals surface area (Å²) in [5, 5.41) is 12.4. The van der Waals surface area contributed by atoms with Crippen molar-refractivity contribution in [2.75, 3.05) is 0 Å². The monoisotopic (exact) mass is 339 g/mol. The molecule has 2 rings (SSSR count). The average molecular weight is 339 g/mol. The van der Waals surface area contributed by atoms with E-state index >= 15 is 0 Å². The molecule has 22 heavy (non-hydrogen) atoms. The fourth-order valence-corrected chi connectivity index (χ4v) is 4.48. The second kappa shape index (κ2) is 6.60. The second-order valence-electron chi connectivity index (χ2n) is 5.17. The maximum Gasteiger partial charge on any atom is 0.322 e. The predicted molar refractivity (Wildman–Crippen MR) is 85.7 cm³/mol. The van der Waals surface area contributed by atoms with Crippen LogP contribution in [-0.4, -0.2) is 25.5 Å². The lowest BCUT2D eigenvalue weighted by Crippen LogP contribution is -2.42. The van der Waals surface area contributed by atoms with Crippen LogP contribution in [0.4, 0.5) is 0 Å². The van der Waals surface area contributed by atoms with Gasteiger partial charge >= 0.3 is 5.97 Å². The number of benzene rings is 1. The van der Waals surface area contributed by atoms with Crippen molar-refractivity contribution in [3.8, 4) is 0 Å². The first-order chi connectivity index (χ1) is 10.3. The summed E-state index contributed by atoms with van der Waals surface area (Å²) in [5.41, 5.74) is 2.82. The number of thiophene rings is 1. The Labute approximate surface area is 133 Å². The molecule has 2 aromatic rings. The third-order valence-corrected chi connectivity index (χ3v) is 5.42. The summed E-state index contributed by atoms with van der Waals surface area (Å²) >= 11 is 1.24. The summed E-state index contributed by atoms with van der Waals surface area (Å²) in [4.78, 5) is 11.5. The molecule has 0 aliphatic heterocycles. The van der Waals surface area contributed by atoms with Crippen molar-refractivity contribution in [2.24, 2.45) is 0 Å². The normalized spacial score (nSPS) is 13.0. The minimum Gasteiger partial charge on any atom is -0.480 e. The quantitative estimate of drug-likeness (QED) is 0.846. The molecule has 0 aliphatic carbocycles. The number of hydrogen-bond acceptors (Lipinski definition) is 4. The highest BCUT2D eigenvalue weighted by atomic mass is 32.2. The van der Waals surface area contributed by atoms with Gasteiger partial charge in [-0.25, -0.2) is 8.42 Å². The Morgan fingerprint density at radius 2 is 1.91 bits per heavy atom. The van der Waals surface area contributed by atoms with Crippen LogP contribution < -0.4 is 4.72 Å². The molecule has 7 heteroatoms. The van der Waals surface area contributed by atoms with E-state index in [0.29, 0.717) is 0 Å². The topological polar surface area (TPSA) is 83.5 Å². The zero-order valence-electron chi connectivity index (χ0n) is 12.2. The summed E-state index contributed by atoms with van der Waals surface area (Å²) < 4.78 is 26.6. The van der Waals surface area contributed by atoms with Gasteiger partial charge in [-0.3, -0.25) is 4.79 Å².